The van der Waals surface area contributed by atoms with Gasteiger partial charge in [-0.05, 0) is 30.0 Å². The minimum absolute atomic E-state index is 0.0423. The monoisotopic (exact) mass is 341 g/mol. The first-order valence-electron chi connectivity index (χ1n) is 7.96. The summed E-state index contributed by atoms with van der Waals surface area (Å²) in [6, 6.07) is 10.8. The van der Waals surface area contributed by atoms with E-state index in [1.54, 1.807) is 37.4 Å². The summed E-state index contributed by atoms with van der Waals surface area (Å²) in [6.45, 7) is 7.92. The summed E-state index contributed by atoms with van der Waals surface area (Å²) in [5, 5.41) is 9.56. The Balaban J connectivity index is 2.48. The molecule has 1 heterocycles. The number of hydrogen-bond acceptors (Lipinski definition) is 4. The molecule has 1 aromatic carbocycles. The van der Waals surface area contributed by atoms with Crippen LogP contribution >= 0.6 is 0 Å². The van der Waals surface area contributed by atoms with E-state index in [9.17, 15) is 9.90 Å². The van der Waals surface area contributed by atoms with Crippen molar-refractivity contribution in [2.45, 2.75) is 33.1 Å². The molecule has 0 aliphatic rings. The van der Waals surface area contributed by atoms with E-state index in [0.29, 0.717) is 23.0 Å². The Hall–Kier alpha value is -2.82. The van der Waals surface area contributed by atoms with Gasteiger partial charge < -0.3 is 14.6 Å². The van der Waals surface area contributed by atoms with Gasteiger partial charge in [0.1, 0.15) is 17.1 Å². The Bertz CT molecular complexity index is 803. The van der Waals surface area contributed by atoms with Gasteiger partial charge in [-0.25, -0.2) is 9.78 Å². The summed E-state index contributed by atoms with van der Waals surface area (Å²) in [5.74, 6) is 0.0568. The number of methoxy groups -OCH3 is 1. The first kappa shape index (κ1) is 18.5. The number of carboxylic acid groups (broad SMARTS) is 1. The smallest absolute Gasteiger partial charge is 0.339 e. The van der Waals surface area contributed by atoms with Crippen molar-refractivity contribution < 1.29 is 19.4 Å². The van der Waals surface area contributed by atoms with E-state index in [2.05, 4.69) is 25.8 Å². The van der Waals surface area contributed by atoms with E-state index in [4.69, 9.17) is 9.47 Å². The molecule has 0 bridgehead atoms. The van der Waals surface area contributed by atoms with Crippen LogP contribution in [0.3, 0.4) is 0 Å². The van der Waals surface area contributed by atoms with Gasteiger partial charge in [-0.3, -0.25) is 0 Å². The van der Waals surface area contributed by atoms with E-state index in [1.807, 2.05) is 12.1 Å². The summed E-state index contributed by atoms with van der Waals surface area (Å²) >= 11 is 0. The van der Waals surface area contributed by atoms with Crippen molar-refractivity contribution in [2.75, 3.05) is 7.11 Å². The van der Waals surface area contributed by atoms with Crippen LogP contribution in [-0.4, -0.2) is 23.2 Å². The minimum Gasteiger partial charge on any atom is -0.500 e. The third-order valence-electron chi connectivity index (χ3n) is 3.84. The van der Waals surface area contributed by atoms with Crippen molar-refractivity contribution in [3.05, 3.63) is 59.5 Å². The quantitative estimate of drug-likeness (QED) is 0.634. The van der Waals surface area contributed by atoms with Crippen molar-refractivity contribution in [1.82, 2.24) is 4.98 Å². The summed E-state index contributed by atoms with van der Waals surface area (Å²) in [4.78, 5) is 15.9. The number of rotatable bonds is 5. The molecule has 0 saturated heterocycles. The van der Waals surface area contributed by atoms with E-state index < -0.39 is 5.97 Å². The number of benzene rings is 1. The topological polar surface area (TPSA) is 68.7 Å². The van der Waals surface area contributed by atoms with Crippen molar-refractivity contribution in [1.29, 1.82) is 0 Å². The number of pyridine rings is 1. The van der Waals surface area contributed by atoms with Crippen molar-refractivity contribution in [3.8, 4) is 11.6 Å². The van der Waals surface area contributed by atoms with E-state index >= 15 is 0 Å². The second-order valence-corrected chi connectivity index (χ2v) is 6.67. The number of nitrogens with zero attached hydrogens (tertiary/aromatic N) is 1. The molecule has 2 rings (SSSR count). The Morgan fingerprint density at radius 1 is 1.16 bits per heavy atom. The highest BCUT2D eigenvalue weighted by Gasteiger charge is 2.20. The largest absolute Gasteiger partial charge is 0.500 e. The molecule has 132 valence electrons. The molecule has 5 heteroatoms. The maximum atomic E-state index is 11.7. The third-order valence-corrected chi connectivity index (χ3v) is 3.84. The van der Waals surface area contributed by atoms with Crippen LogP contribution in [0.5, 0.6) is 11.6 Å². The number of ether oxygens (including phenoxy) is 2. The van der Waals surface area contributed by atoms with Gasteiger partial charge in [0.25, 0.3) is 0 Å². The Morgan fingerprint density at radius 3 is 2.44 bits per heavy atom. The third kappa shape index (κ3) is 4.38. The number of hydrogen-bond donors (Lipinski definition) is 1. The molecule has 0 aliphatic carbocycles. The van der Waals surface area contributed by atoms with Gasteiger partial charge in [0.05, 0.1) is 7.11 Å². The lowest BCUT2D eigenvalue weighted by Gasteiger charge is -2.19. The fourth-order valence-corrected chi connectivity index (χ4v) is 2.36. The molecule has 0 spiro atoms. The van der Waals surface area contributed by atoms with Crippen LogP contribution in [0.4, 0.5) is 0 Å². The predicted octanol–water partition coefficient (Wildman–Crippen LogP) is 4.63. The molecule has 2 aromatic rings. The number of aromatic nitrogens is 1. The zero-order chi connectivity index (χ0) is 18.6. The molecule has 0 unspecified atom stereocenters. The van der Waals surface area contributed by atoms with Crippen LogP contribution in [-0.2, 0) is 14.9 Å². The van der Waals surface area contributed by atoms with Crippen molar-refractivity contribution >= 4 is 11.5 Å². The fourth-order valence-electron chi connectivity index (χ4n) is 2.36. The lowest BCUT2D eigenvalue weighted by Crippen LogP contribution is -2.11. The van der Waals surface area contributed by atoms with Crippen LogP contribution in [0.15, 0.2) is 48.4 Å². The fraction of sp³-hybridized carbons (Fsp3) is 0.300. The SMILES string of the molecule is COC(C)=C(C(=O)O)c1ccccc1Oc1cc(C(C)(C)C)ccn1. The Kier molecular flexibility index (Phi) is 5.47. The molecule has 0 saturated carbocycles. The van der Waals surface area contributed by atoms with Gasteiger partial charge >= 0.3 is 5.97 Å². The molecule has 1 N–H and O–H groups in total. The average molecular weight is 341 g/mol. The van der Waals surface area contributed by atoms with Crippen LogP contribution in [0, 0.1) is 0 Å². The molecular formula is C20H23NO4. The standard InChI is InChI=1S/C20H23NO4/c1-13(24-5)18(19(22)23)15-8-6-7-9-16(15)25-17-12-14(10-11-21-17)20(2,3)4/h6-12H,1-5H3,(H,22,23). The van der Waals surface area contributed by atoms with Crippen molar-refractivity contribution in [2.24, 2.45) is 0 Å². The molecule has 1 aromatic heterocycles. The van der Waals surface area contributed by atoms with Gasteiger partial charge in [0.2, 0.25) is 5.88 Å². The lowest BCUT2D eigenvalue weighted by atomic mass is 9.88. The number of allylic oxidation sites excluding steroid dienone is 1. The van der Waals surface area contributed by atoms with Gasteiger partial charge in [0.15, 0.2) is 0 Å². The molecule has 0 fully saturated rings. The van der Waals surface area contributed by atoms with E-state index in [1.165, 1.54) is 7.11 Å². The zero-order valence-corrected chi connectivity index (χ0v) is 15.2. The zero-order valence-electron chi connectivity index (χ0n) is 15.2. The Labute approximate surface area is 147 Å². The highest BCUT2D eigenvalue weighted by atomic mass is 16.5. The summed E-state index contributed by atoms with van der Waals surface area (Å²) in [7, 11) is 1.44. The van der Waals surface area contributed by atoms with E-state index in [-0.39, 0.29) is 11.0 Å². The second-order valence-electron chi connectivity index (χ2n) is 6.67. The van der Waals surface area contributed by atoms with Crippen LogP contribution in [0.25, 0.3) is 5.57 Å². The van der Waals surface area contributed by atoms with Crippen LogP contribution < -0.4 is 4.74 Å². The first-order valence-corrected chi connectivity index (χ1v) is 7.96. The first-order chi connectivity index (χ1) is 11.7. The maximum absolute atomic E-state index is 11.7. The molecule has 0 atom stereocenters. The van der Waals surface area contributed by atoms with Gasteiger partial charge in [-0.15, -0.1) is 0 Å². The Morgan fingerprint density at radius 2 is 1.84 bits per heavy atom. The summed E-state index contributed by atoms with van der Waals surface area (Å²) in [5.41, 5.74) is 1.54. The summed E-state index contributed by atoms with van der Waals surface area (Å²) in [6.07, 6.45) is 1.69. The highest BCUT2D eigenvalue weighted by molar-refractivity contribution is 6.16. The van der Waals surface area contributed by atoms with Crippen LogP contribution in [0.2, 0.25) is 0 Å². The normalized spacial score (nSPS) is 12.4. The molecule has 0 radical (unpaired) electrons. The summed E-state index contributed by atoms with van der Waals surface area (Å²) < 4.78 is 11.0. The maximum Gasteiger partial charge on any atom is 0.339 e. The molecule has 0 amide bonds. The van der Waals surface area contributed by atoms with Crippen molar-refractivity contribution in [3.63, 3.8) is 0 Å². The second kappa shape index (κ2) is 7.38. The van der Waals surface area contributed by atoms with E-state index in [0.717, 1.165) is 5.56 Å². The van der Waals surface area contributed by atoms with Crippen LogP contribution in [0.1, 0.15) is 38.8 Å². The number of para-hydroxylation sites is 1. The molecular weight excluding hydrogens is 318 g/mol. The van der Waals surface area contributed by atoms with Gasteiger partial charge in [-0.2, -0.15) is 0 Å². The number of aliphatic carboxylic acids is 1. The molecule has 25 heavy (non-hydrogen) atoms. The van der Waals surface area contributed by atoms with Gasteiger partial charge in [-0.1, -0.05) is 39.0 Å². The predicted molar refractivity (Wildman–Crippen MR) is 96.7 cm³/mol. The number of carbonyl (C=O) groups is 1. The van der Waals surface area contributed by atoms with Gasteiger partial charge in [0, 0.05) is 17.8 Å². The highest BCUT2D eigenvalue weighted by Crippen LogP contribution is 2.33. The molecule has 0 aliphatic heterocycles. The lowest BCUT2D eigenvalue weighted by molar-refractivity contribution is -0.130. The minimum atomic E-state index is -1.08. The average Bonchev–Trinajstić information content (AvgIpc) is 2.55. The number of carboxylic acids is 1. The molecule has 5 nitrogen and oxygen atoms in total.